The molecule has 0 aliphatic rings. The Morgan fingerprint density at radius 2 is 1.85 bits per heavy atom. The molecule has 0 radical (unpaired) electrons. The summed E-state index contributed by atoms with van der Waals surface area (Å²) in [5.74, 6) is -0.513. The normalized spacial score (nSPS) is 12.7. The van der Waals surface area contributed by atoms with Crippen molar-refractivity contribution >= 4 is 52.9 Å². The summed E-state index contributed by atoms with van der Waals surface area (Å²) in [6.45, 7) is 0. The number of hydrogen-bond acceptors (Lipinski definition) is 4. The minimum absolute atomic E-state index is 0.0124. The summed E-state index contributed by atoms with van der Waals surface area (Å²) < 4.78 is 64.1. The Hall–Kier alpha value is -0.870. The van der Waals surface area contributed by atoms with E-state index in [-0.39, 0.29) is 9.99 Å². The van der Waals surface area contributed by atoms with Crippen LogP contribution < -0.4 is 4.18 Å². The quantitative estimate of drug-likeness (QED) is 0.529. The maximum absolute atomic E-state index is 12.4. The zero-order valence-corrected chi connectivity index (χ0v) is 13.3. The average molecular weight is 435 g/mol. The Kier molecular flexibility index (Phi) is 4.00. The van der Waals surface area contributed by atoms with E-state index in [1.165, 1.54) is 12.3 Å². The monoisotopic (exact) mass is 433 g/mol. The van der Waals surface area contributed by atoms with Crippen LogP contribution in [0.2, 0.25) is 0 Å². The number of halogens is 5. The number of rotatable bonds is 2. The van der Waals surface area contributed by atoms with Gasteiger partial charge in [0.15, 0.2) is 5.75 Å². The third-order valence-electron chi connectivity index (χ3n) is 2.23. The number of alkyl halides is 3. The highest BCUT2D eigenvalue weighted by Crippen LogP contribution is 2.39. The van der Waals surface area contributed by atoms with Crippen molar-refractivity contribution in [3.05, 3.63) is 33.3 Å². The lowest BCUT2D eigenvalue weighted by Crippen LogP contribution is -2.28. The lowest BCUT2D eigenvalue weighted by atomic mass is 10.2. The molecule has 0 amide bonds. The molecule has 0 fully saturated rings. The first-order chi connectivity index (χ1) is 9.13. The number of aromatic nitrogens is 1. The van der Waals surface area contributed by atoms with Crippen molar-refractivity contribution in [2.24, 2.45) is 0 Å². The first kappa shape index (κ1) is 15.5. The maximum atomic E-state index is 12.4. The second kappa shape index (κ2) is 5.15. The molecule has 1 aromatic carbocycles. The summed E-state index contributed by atoms with van der Waals surface area (Å²) in [6.07, 6.45) is 1.31. The number of pyridine rings is 1. The van der Waals surface area contributed by atoms with Gasteiger partial charge in [-0.15, -0.1) is 0 Å². The third-order valence-corrected chi connectivity index (χ3v) is 4.43. The summed E-state index contributed by atoms with van der Waals surface area (Å²) in [6, 6.07) is 4.50. The van der Waals surface area contributed by atoms with Crippen LogP contribution >= 0.6 is 31.9 Å². The molecule has 2 rings (SSSR count). The van der Waals surface area contributed by atoms with E-state index in [0.717, 1.165) is 0 Å². The van der Waals surface area contributed by atoms with E-state index >= 15 is 0 Å². The SMILES string of the molecule is O=S(=O)(Oc1c(Br)cc(Br)c2cccnc12)C(F)(F)F. The minimum atomic E-state index is -5.76. The second-order valence-electron chi connectivity index (χ2n) is 3.55. The summed E-state index contributed by atoms with van der Waals surface area (Å²) in [5.41, 5.74) is -5.53. The van der Waals surface area contributed by atoms with Gasteiger partial charge in [-0.1, -0.05) is 22.0 Å². The van der Waals surface area contributed by atoms with Gasteiger partial charge in [-0.3, -0.25) is 4.98 Å². The van der Waals surface area contributed by atoms with Crippen molar-refractivity contribution < 1.29 is 25.8 Å². The van der Waals surface area contributed by atoms with Gasteiger partial charge in [-0.2, -0.15) is 21.6 Å². The molecule has 1 heterocycles. The van der Waals surface area contributed by atoms with Crippen LogP contribution in [0.25, 0.3) is 10.9 Å². The molecule has 0 N–H and O–H groups in total. The molecule has 0 saturated carbocycles. The van der Waals surface area contributed by atoms with Crippen molar-refractivity contribution in [2.75, 3.05) is 0 Å². The van der Waals surface area contributed by atoms with Gasteiger partial charge in [-0.05, 0) is 28.1 Å². The van der Waals surface area contributed by atoms with Crippen LogP contribution in [0.1, 0.15) is 0 Å². The standard InChI is InChI=1S/C10H4Br2F3NO3S/c11-6-4-7(12)9(8-5(6)2-1-3-16-8)19-20(17,18)10(13,14)15/h1-4H. The van der Waals surface area contributed by atoms with Crippen molar-refractivity contribution in [2.45, 2.75) is 5.51 Å². The fourth-order valence-corrected chi connectivity index (χ4v) is 3.33. The van der Waals surface area contributed by atoms with Gasteiger partial charge in [0, 0.05) is 16.1 Å². The molecule has 20 heavy (non-hydrogen) atoms. The zero-order valence-electron chi connectivity index (χ0n) is 9.28. The highest BCUT2D eigenvalue weighted by Gasteiger charge is 2.49. The van der Waals surface area contributed by atoms with Crippen LogP contribution in [-0.4, -0.2) is 18.9 Å². The molecule has 0 saturated heterocycles. The summed E-state index contributed by atoms with van der Waals surface area (Å²) >= 11 is 6.16. The lowest BCUT2D eigenvalue weighted by molar-refractivity contribution is -0.0499. The largest absolute Gasteiger partial charge is 0.534 e. The predicted molar refractivity (Wildman–Crippen MR) is 72.7 cm³/mol. The molecule has 10 heteroatoms. The molecule has 1 aromatic heterocycles. The summed E-state index contributed by atoms with van der Waals surface area (Å²) in [4.78, 5) is 3.85. The first-order valence-electron chi connectivity index (χ1n) is 4.87. The molecule has 2 aromatic rings. The zero-order chi connectivity index (χ0) is 15.1. The fraction of sp³-hybridized carbons (Fsp3) is 0.100. The van der Waals surface area contributed by atoms with Crippen LogP contribution in [0.3, 0.4) is 0 Å². The number of nitrogens with zero attached hydrogens (tertiary/aromatic N) is 1. The molecule has 0 aliphatic carbocycles. The number of benzene rings is 1. The minimum Gasteiger partial charge on any atom is -0.372 e. The Balaban J connectivity index is 2.67. The Morgan fingerprint density at radius 3 is 2.45 bits per heavy atom. The molecule has 0 spiro atoms. The van der Waals surface area contributed by atoms with Crippen molar-refractivity contribution in [1.82, 2.24) is 4.98 Å². The van der Waals surface area contributed by atoms with E-state index in [1.54, 1.807) is 12.1 Å². The van der Waals surface area contributed by atoms with Crippen LogP contribution in [-0.2, 0) is 10.1 Å². The van der Waals surface area contributed by atoms with Crippen molar-refractivity contribution in [1.29, 1.82) is 0 Å². The van der Waals surface area contributed by atoms with Gasteiger partial charge >= 0.3 is 15.6 Å². The highest BCUT2D eigenvalue weighted by atomic mass is 79.9. The van der Waals surface area contributed by atoms with E-state index in [4.69, 9.17) is 0 Å². The molecule has 0 aliphatic heterocycles. The van der Waals surface area contributed by atoms with Gasteiger partial charge in [0.1, 0.15) is 5.52 Å². The smallest absolute Gasteiger partial charge is 0.372 e. The fourth-order valence-electron chi connectivity index (χ4n) is 1.38. The Bertz CT molecular complexity index is 777. The van der Waals surface area contributed by atoms with E-state index in [9.17, 15) is 21.6 Å². The molecule has 0 atom stereocenters. The van der Waals surface area contributed by atoms with E-state index < -0.39 is 21.4 Å². The van der Waals surface area contributed by atoms with Crippen LogP contribution in [0.5, 0.6) is 5.75 Å². The van der Waals surface area contributed by atoms with Crippen LogP contribution in [0, 0.1) is 0 Å². The Labute approximate surface area is 128 Å². The van der Waals surface area contributed by atoms with Gasteiger partial charge < -0.3 is 4.18 Å². The number of hydrogen-bond donors (Lipinski definition) is 0. The van der Waals surface area contributed by atoms with E-state index in [1.807, 2.05) is 0 Å². The summed E-state index contributed by atoms with van der Waals surface area (Å²) in [7, 11) is -5.76. The summed E-state index contributed by atoms with van der Waals surface area (Å²) in [5, 5.41) is 0.420. The Morgan fingerprint density at radius 1 is 1.20 bits per heavy atom. The van der Waals surface area contributed by atoms with Gasteiger partial charge in [0.25, 0.3) is 0 Å². The average Bonchev–Trinajstić information content (AvgIpc) is 2.33. The third kappa shape index (κ3) is 2.77. The molecule has 0 bridgehead atoms. The molecule has 4 nitrogen and oxygen atoms in total. The van der Waals surface area contributed by atoms with E-state index in [0.29, 0.717) is 9.86 Å². The second-order valence-corrected chi connectivity index (χ2v) is 6.80. The molecule has 108 valence electrons. The van der Waals surface area contributed by atoms with Crippen molar-refractivity contribution in [3.8, 4) is 5.75 Å². The van der Waals surface area contributed by atoms with E-state index in [2.05, 4.69) is 41.0 Å². The maximum Gasteiger partial charge on any atom is 0.534 e. The predicted octanol–water partition coefficient (Wildman–Crippen LogP) is 3.99. The molecule has 0 unspecified atom stereocenters. The topological polar surface area (TPSA) is 56.3 Å². The molecular weight excluding hydrogens is 431 g/mol. The van der Waals surface area contributed by atoms with Gasteiger partial charge in [-0.25, -0.2) is 0 Å². The van der Waals surface area contributed by atoms with Gasteiger partial charge in [0.05, 0.1) is 4.47 Å². The number of fused-ring (bicyclic) bond motifs is 1. The first-order valence-corrected chi connectivity index (χ1v) is 7.86. The van der Waals surface area contributed by atoms with Crippen LogP contribution in [0.4, 0.5) is 13.2 Å². The highest BCUT2D eigenvalue weighted by molar-refractivity contribution is 9.11. The molecular formula is C10H4Br2F3NO3S. The van der Waals surface area contributed by atoms with Gasteiger partial charge in [0.2, 0.25) is 0 Å². The van der Waals surface area contributed by atoms with Crippen LogP contribution in [0.15, 0.2) is 33.3 Å². The van der Waals surface area contributed by atoms with Crippen molar-refractivity contribution in [3.63, 3.8) is 0 Å². The lowest BCUT2D eigenvalue weighted by Gasteiger charge is -2.13.